The van der Waals surface area contributed by atoms with Crippen molar-refractivity contribution >= 4 is 12.0 Å². The van der Waals surface area contributed by atoms with Crippen LogP contribution in [-0.4, -0.2) is 36.8 Å². The Hall–Kier alpha value is -3.43. The van der Waals surface area contributed by atoms with Gasteiger partial charge in [-0.3, -0.25) is 4.79 Å². The van der Waals surface area contributed by atoms with Crippen molar-refractivity contribution < 1.29 is 37.0 Å². The molecular formula is C31H39F3N2O5. The predicted octanol–water partition coefficient (Wildman–Crippen LogP) is 6.82. The van der Waals surface area contributed by atoms with Gasteiger partial charge in [-0.1, -0.05) is 25.5 Å². The average Bonchev–Trinajstić information content (AvgIpc) is 2.94. The van der Waals surface area contributed by atoms with Crippen LogP contribution in [0.4, 0.5) is 18.0 Å². The number of rotatable bonds is 11. The summed E-state index contributed by atoms with van der Waals surface area (Å²) in [6, 6.07) is 7.30. The first kappa shape index (κ1) is 30.5. The Balaban J connectivity index is 1.33. The van der Waals surface area contributed by atoms with Gasteiger partial charge < -0.3 is 24.8 Å². The molecule has 2 N–H and O–H groups in total. The van der Waals surface area contributed by atoms with Crippen molar-refractivity contribution in [3.05, 3.63) is 58.9 Å². The first-order chi connectivity index (χ1) is 19.4. The number of methoxy groups -OCH3 is 1. The maximum atomic E-state index is 14.9. The summed E-state index contributed by atoms with van der Waals surface area (Å²) < 4.78 is 60.3. The van der Waals surface area contributed by atoms with E-state index in [1.54, 1.807) is 24.3 Å². The Morgan fingerprint density at radius 2 is 1.61 bits per heavy atom. The van der Waals surface area contributed by atoms with E-state index in [9.17, 15) is 22.8 Å². The summed E-state index contributed by atoms with van der Waals surface area (Å²) >= 11 is 0. The third-order valence-corrected chi connectivity index (χ3v) is 8.52. The molecular weight excluding hydrogens is 537 g/mol. The van der Waals surface area contributed by atoms with Crippen LogP contribution in [0.1, 0.15) is 88.1 Å². The molecule has 3 aliphatic rings. The van der Waals surface area contributed by atoms with Gasteiger partial charge in [0.1, 0.15) is 18.0 Å². The Morgan fingerprint density at radius 1 is 0.976 bits per heavy atom. The molecule has 7 nitrogen and oxygen atoms in total. The van der Waals surface area contributed by atoms with Crippen LogP contribution in [0.5, 0.6) is 11.5 Å². The molecule has 3 saturated carbocycles. The van der Waals surface area contributed by atoms with Gasteiger partial charge in [0.25, 0.3) is 5.91 Å². The van der Waals surface area contributed by atoms with E-state index in [4.69, 9.17) is 14.2 Å². The van der Waals surface area contributed by atoms with Crippen LogP contribution in [0.25, 0.3) is 0 Å². The summed E-state index contributed by atoms with van der Waals surface area (Å²) in [4.78, 5) is 25.4. The number of carbonyl (C=O) groups excluding carboxylic acids is 2. The van der Waals surface area contributed by atoms with Crippen LogP contribution >= 0.6 is 0 Å². The van der Waals surface area contributed by atoms with Gasteiger partial charge in [0.2, 0.25) is 5.82 Å². The zero-order chi connectivity index (χ0) is 29.8. The third kappa shape index (κ3) is 7.08. The highest BCUT2D eigenvalue weighted by molar-refractivity contribution is 5.94. The van der Waals surface area contributed by atoms with Gasteiger partial charge in [-0.2, -0.15) is 4.39 Å². The van der Waals surface area contributed by atoms with Crippen molar-refractivity contribution in [3.63, 3.8) is 0 Å². The molecule has 2 aromatic rings. The summed E-state index contributed by atoms with van der Waals surface area (Å²) in [6.07, 6.45) is 5.68. The Kier molecular flexibility index (Phi) is 9.09. The smallest absolute Gasteiger partial charge is 0.408 e. The van der Waals surface area contributed by atoms with E-state index in [2.05, 4.69) is 10.6 Å². The lowest BCUT2D eigenvalue weighted by atomic mass is 9.57. The highest BCUT2D eigenvalue weighted by Crippen LogP contribution is 2.52. The number of hydrogen-bond donors (Lipinski definition) is 2. The van der Waals surface area contributed by atoms with E-state index in [-0.39, 0.29) is 24.1 Å². The molecule has 0 aliphatic heterocycles. The van der Waals surface area contributed by atoms with Gasteiger partial charge in [-0.25, -0.2) is 13.6 Å². The zero-order valence-corrected chi connectivity index (χ0v) is 24.1. The summed E-state index contributed by atoms with van der Waals surface area (Å²) in [5, 5.41) is 5.78. The van der Waals surface area contributed by atoms with Gasteiger partial charge in [0, 0.05) is 12.1 Å². The maximum Gasteiger partial charge on any atom is 0.408 e. The molecule has 0 heterocycles. The average molecular weight is 577 g/mol. The molecule has 0 atom stereocenters. The molecule has 0 radical (unpaired) electrons. The van der Waals surface area contributed by atoms with E-state index >= 15 is 0 Å². The van der Waals surface area contributed by atoms with Crippen molar-refractivity contribution in [1.82, 2.24) is 10.6 Å². The van der Waals surface area contributed by atoms with Gasteiger partial charge >= 0.3 is 6.09 Å². The molecule has 2 bridgehead atoms. The van der Waals surface area contributed by atoms with Crippen molar-refractivity contribution in [3.8, 4) is 11.5 Å². The topological polar surface area (TPSA) is 85.9 Å². The first-order valence-corrected chi connectivity index (χ1v) is 14.1. The molecule has 5 rings (SSSR count). The lowest BCUT2D eigenvalue weighted by Crippen LogP contribution is -2.59. The minimum atomic E-state index is -1.55. The second-order valence-electron chi connectivity index (χ2n) is 12.0. The second kappa shape index (κ2) is 12.2. The number of alkyl carbamates (subject to hydrolysis) is 1. The van der Waals surface area contributed by atoms with Crippen molar-refractivity contribution in [2.45, 2.75) is 89.9 Å². The molecule has 0 saturated heterocycles. The minimum absolute atomic E-state index is 0.199. The predicted molar refractivity (Wildman–Crippen MR) is 147 cm³/mol. The third-order valence-electron chi connectivity index (χ3n) is 8.52. The molecule has 0 spiro atoms. The monoisotopic (exact) mass is 576 g/mol. The number of ether oxygens (including phenoxy) is 3. The van der Waals surface area contributed by atoms with Crippen LogP contribution in [0.3, 0.4) is 0 Å². The Morgan fingerprint density at radius 3 is 2.20 bits per heavy atom. The van der Waals surface area contributed by atoms with E-state index < -0.39 is 46.4 Å². The normalized spacial score (nSPS) is 21.7. The number of carbonyl (C=O) groups is 2. The Bertz CT molecular complexity index is 1240. The fourth-order valence-corrected chi connectivity index (χ4v) is 5.98. The number of nitrogens with one attached hydrogen (secondary N) is 2. The van der Waals surface area contributed by atoms with Crippen molar-refractivity contribution in [2.24, 2.45) is 5.41 Å². The van der Waals surface area contributed by atoms with Gasteiger partial charge in [-0.15, -0.1) is 0 Å². The number of fused-ring (bicyclic) bond motifs is 3. The van der Waals surface area contributed by atoms with Crippen LogP contribution < -0.4 is 20.1 Å². The first-order valence-electron chi connectivity index (χ1n) is 14.1. The maximum absolute atomic E-state index is 14.9. The van der Waals surface area contributed by atoms with Crippen molar-refractivity contribution in [2.75, 3.05) is 13.7 Å². The minimum Gasteiger partial charge on any atom is -0.497 e. The largest absolute Gasteiger partial charge is 0.497 e. The van der Waals surface area contributed by atoms with E-state index in [1.807, 2.05) is 20.8 Å². The molecule has 2 aromatic carbocycles. The SMILES string of the molecule is CCCC(C)(C)OC(=O)N[C@]12CC[C@](CNC(=O)c3cc(F)c(OCc4ccc(OC)cc4)c(F)c3F)(CC1)CC2. The van der Waals surface area contributed by atoms with Crippen LogP contribution in [-0.2, 0) is 11.3 Å². The molecule has 0 aromatic heterocycles. The lowest BCUT2D eigenvalue weighted by Gasteiger charge is -2.53. The highest BCUT2D eigenvalue weighted by atomic mass is 19.2. The zero-order valence-electron chi connectivity index (χ0n) is 24.1. The van der Waals surface area contributed by atoms with E-state index in [0.717, 1.165) is 51.4 Å². The number of halogens is 3. The number of hydrogen-bond acceptors (Lipinski definition) is 5. The molecule has 3 aliphatic carbocycles. The van der Waals surface area contributed by atoms with Gasteiger partial charge in [0.15, 0.2) is 17.4 Å². The van der Waals surface area contributed by atoms with E-state index in [0.29, 0.717) is 17.4 Å². The van der Waals surface area contributed by atoms with Gasteiger partial charge in [-0.05, 0) is 88.0 Å². The molecule has 0 unspecified atom stereocenters. The van der Waals surface area contributed by atoms with Gasteiger partial charge in [0.05, 0.1) is 12.7 Å². The lowest BCUT2D eigenvalue weighted by molar-refractivity contribution is -0.00234. The number of amides is 2. The van der Waals surface area contributed by atoms with Crippen LogP contribution in [0, 0.1) is 22.9 Å². The molecule has 10 heteroatoms. The summed E-state index contributed by atoms with van der Waals surface area (Å²) in [5.74, 6) is -5.35. The summed E-state index contributed by atoms with van der Waals surface area (Å²) in [6.45, 7) is 5.88. The molecule has 224 valence electrons. The fraction of sp³-hybridized carbons (Fsp3) is 0.548. The number of benzene rings is 2. The van der Waals surface area contributed by atoms with Crippen LogP contribution in [0.15, 0.2) is 30.3 Å². The fourth-order valence-electron chi connectivity index (χ4n) is 5.98. The molecule has 2 amide bonds. The molecule has 41 heavy (non-hydrogen) atoms. The molecule has 3 fully saturated rings. The second-order valence-corrected chi connectivity index (χ2v) is 12.0. The summed E-state index contributed by atoms with van der Waals surface area (Å²) in [5.41, 5.74) is -1.22. The van der Waals surface area contributed by atoms with Crippen LogP contribution in [0.2, 0.25) is 0 Å². The van der Waals surface area contributed by atoms with Crippen molar-refractivity contribution in [1.29, 1.82) is 0 Å². The Labute approximate surface area is 239 Å². The quantitative estimate of drug-likeness (QED) is 0.287. The standard InChI is InChI=1S/C31H39F3N2O5/c1-5-10-29(2,3)41-28(38)36-31-14-11-30(12-15-31,13-16-31)19-35-27(37)22-17-23(32)26(25(34)24(22)33)40-18-20-6-8-21(39-4)9-7-20/h6-9,17H,5,10-16,18-19H2,1-4H3,(H,35,37)(H,36,38)/t30-,31+. The summed E-state index contributed by atoms with van der Waals surface area (Å²) in [7, 11) is 1.51. The highest BCUT2D eigenvalue weighted by Gasteiger charge is 2.49. The van der Waals surface area contributed by atoms with E-state index in [1.165, 1.54) is 7.11 Å².